The molecular weight excluding hydrogens is 388 g/mol. The lowest BCUT2D eigenvalue weighted by Gasteiger charge is -2.10. The van der Waals surface area contributed by atoms with Crippen LogP contribution in [0.15, 0.2) is 91.0 Å². The third-order valence-electron chi connectivity index (χ3n) is 6.83. The summed E-state index contributed by atoms with van der Waals surface area (Å²) in [6.45, 7) is 3.36. The number of aromatic nitrogens is 2. The molecule has 6 aromatic rings. The monoisotopic (exact) mass is 416 g/mol. The normalized spacial score (nSPS) is 11.9. The van der Waals surface area contributed by atoms with E-state index in [2.05, 4.69) is 107 Å². The first-order valence-corrected chi connectivity index (χ1v) is 11.9. The van der Waals surface area contributed by atoms with E-state index < -0.39 is 0 Å². The van der Waals surface area contributed by atoms with Gasteiger partial charge in [0, 0.05) is 44.8 Å². The van der Waals surface area contributed by atoms with E-state index in [0.29, 0.717) is 0 Å². The maximum atomic E-state index is 2.52. The quantitative estimate of drug-likeness (QED) is 0.241. The Morgan fingerprint density at radius 3 is 1.75 bits per heavy atom. The summed E-state index contributed by atoms with van der Waals surface area (Å²) in [5, 5.41) is 5.30. The molecule has 0 aliphatic heterocycles. The molecule has 2 aromatic heterocycles. The van der Waals surface area contributed by atoms with Crippen LogP contribution in [0, 0.1) is 0 Å². The van der Waals surface area contributed by atoms with Gasteiger partial charge >= 0.3 is 0 Å². The summed E-state index contributed by atoms with van der Waals surface area (Å²) in [5.74, 6) is 0. The van der Waals surface area contributed by atoms with Gasteiger partial charge in [0.25, 0.3) is 0 Å². The minimum absolute atomic E-state index is 1.08. The second-order valence-electron chi connectivity index (χ2n) is 8.80. The fraction of sp³-hybridized carbons (Fsp3) is 0.200. The van der Waals surface area contributed by atoms with Gasteiger partial charge in [0.1, 0.15) is 0 Å². The highest BCUT2D eigenvalue weighted by Gasteiger charge is 2.15. The van der Waals surface area contributed by atoms with Gasteiger partial charge in [-0.05, 0) is 42.8 Å². The van der Waals surface area contributed by atoms with Crippen LogP contribution < -0.4 is 0 Å². The standard InChI is InChI=1S/C30H28N2/c1-2-3-4-11-20-31-27-15-8-5-14-25(27)26-21-22(18-19-28(26)31)32-29-16-9-6-12-23(29)24-13-7-10-17-30(24)32/h5-10,12-19,21H,2-4,11,20H2,1H3. The molecular formula is C30H28N2. The van der Waals surface area contributed by atoms with E-state index >= 15 is 0 Å². The van der Waals surface area contributed by atoms with Gasteiger partial charge in [-0.1, -0.05) is 80.8 Å². The fourth-order valence-corrected chi connectivity index (χ4v) is 5.32. The molecule has 0 aliphatic rings. The maximum absolute atomic E-state index is 2.52. The zero-order valence-electron chi connectivity index (χ0n) is 18.6. The van der Waals surface area contributed by atoms with E-state index in [1.54, 1.807) is 0 Å². The number of benzene rings is 4. The molecule has 2 nitrogen and oxygen atoms in total. The van der Waals surface area contributed by atoms with E-state index in [9.17, 15) is 0 Å². The molecule has 0 fully saturated rings. The molecule has 0 bridgehead atoms. The Labute approximate surface area is 188 Å². The van der Waals surface area contributed by atoms with Crippen molar-refractivity contribution in [3.05, 3.63) is 91.0 Å². The van der Waals surface area contributed by atoms with Crippen molar-refractivity contribution in [2.75, 3.05) is 0 Å². The molecule has 0 aliphatic carbocycles. The molecule has 0 spiro atoms. The summed E-state index contributed by atoms with van der Waals surface area (Å²) >= 11 is 0. The van der Waals surface area contributed by atoms with Gasteiger partial charge in [0.15, 0.2) is 0 Å². The van der Waals surface area contributed by atoms with Gasteiger partial charge < -0.3 is 9.13 Å². The Hall–Kier alpha value is -3.52. The van der Waals surface area contributed by atoms with Crippen molar-refractivity contribution in [3.63, 3.8) is 0 Å². The van der Waals surface area contributed by atoms with E-state index in [1.807, 2.05) is 0 Å². The molecule has 0 amide bonds. The number of nitrogens with zero attached hydrogens (tertiary/aromatic N) is 2. The molecule has 0 atom stereocenters. The van der Waals surface area contributed by atoms with Crippen LogP contribution in [0.2, 0.25) is 0 Å². The van der Waals surface area contributed by atoms with Crippen LogP contribution in [-0.2, 0) is 6.54 Å². The van der Waals surface area contributed by atoms with Crippen LogP contribution >= 0.6 is 0 Å². The fourth-order valence-electron chi connectivity index (χ4n) is 5.32. The van der Waals surface area contributed by atoms with Crippen LogP contribution in [-0.4, -0.2) is 9.13 Å². The third kappa shape index (κ3) is 2.94. The summed E-state index contributed by atoms with van der Waals surface area (Å²) in [4.78, 5) is 0. The predicted molar refractivity (Wildman–Crippen MR) is 138 cm³/mol. The van der Waals surface area contributed by atoms with Crippen molar-refractivity contribution >= 4 is 43.6 Å². The van der Waals surface area contributed by atoms with E-state index in [4.69, 9.17) is 0 Å². The van der Waals surface area contributed by atoms with Crippen molar-refractivity contribution in [2.24, 2.45) is 0 Å². The molecule has 158 valence electrons. The number of unbranched alkanes of at least 4 members (excludes halogenated alkanes) is 3. The van der Waals surface area contributed by atoms with Gasteiger partial charge in [-0.15, -0.1) is 0 Å². The molecule has 0 radical (unpaired) electrons. The van der Waals surface area contributed by atoms with Crippen LogP contribution in [0.5, 0.6) is 0 Å². The van der Waals surface area contributed by atoms with Crippen LogP contribution in [0.3, 0.4) is 0 Å². The minimum atomic E-state index is 1.08. The lowest BCUT2D eigenvalue weighted by Crippen LogP contribution is -1.98. The molecule has 4 aromatic carbocycles. The molecule has 0 saturated carbocycles. The Balaban J connectivity index is 1.58. The van der Waals surface area contributed by atoms with Gasteiger partial charge in [-0.2, -0.15) is 0 Å². The summed E-state index contributed by atoms with van der Waals surface area (Å²) < 4.78 is 4.94. The molecule has 2 heteroatoms. The first kappa shape index (κ1) is 19.2. The van der Waals surface area contributed by atoms with Crippen LogP contribution in [0.1, 0.15) is 32.6 Å². The van der Waals surface area contributed by atoms with Crippen molar-refractivity contribution < 1.29 is 0 Å². The number of rotatable bonds is 6. The van der Waals surface area contributed by atoms with E-state index in [-0.39, 0.29) is 0 Å². The molecule has 0 N–H and O–H groups in total. The molecule has 0 unspecified atom stereocenters. The topological polar surface area (TPSA) is 9.86 Å². The number of para-hydroxylation sites is 3. The molecule has 32 heavy (non-hydrogen) atoms. The summed E-state index contributed by atoms with van der Waals surface area (Å²) in [6.07, 6.45) is 5.12. The second-order valence-corrected chi connectivity index (χ2v) is 8.80. The lowest BCUT2D eigenvalue weighted by molar-refractivity contribution is 0.602. The first-order chi connectivity index (χ1) is 15.9. The Bertz CT molecular complexity index is 1510. The van der Waals surface area contributed by atoms with Gasteiger partial charge in [0.2, 0.25) is 0 Å². The number of hydrogen-bond donors (Lipinski definition) is 0. The van der Waals surface area contributed by atoms with Crippen molar-refractivity contribution in [3.8, 4) is 5.69 Å². The van der Waals surface area contributed by atoms with Crippen LogP contribution in [0.4, 0.5) is 0 Å². The van der Waals surface area contributed by atoms with Gasteiger partial charge in [0.05, 0.1) is 11.0 Å². The number of aryl methyl sites for hydroxylation is 1. The lowest BCUT2D eigenvalue weighted by atomic mass is 10.1. The molecule has 6 rings (SSSR count). The highest BCUT2D eigenvalue weighted by Crippen LogP contribution is 2.35. The smallest absolute Gasteiger partial charge is 0.0541 e. The third-order valence-corrected chi connectivity index (χ3v) is 6.83. The summed E-state index contributed by atoms with van der Waals surface area (Å²) in [5.41, 5.74) is 6.43. The maximum Gasteiger partial charge on any atom is 0.0541 e. The number of hydrogen-bond acceptors (Lipinski definition) is 0. The molecule has 2 heterocycles. The molecule has 0 saturated heterocycles. The van der Waals surface area contributed by atoms with Crippen molar-refractivity contribution in [1.82, 2.24) is 9.13 Å². The Morgan fingerprint density at radius 1 is 0.531 bits per heavy atom. The Kier molecular flexibility index (Phi) is 4.72. The summed E-state index contributed by atoms with van der Waals surface area (Å²) in [6, 6.07) is 33.4. The highest BCUT2D eigenvalue weighted by atomic mass is 15.0. The predicted octanol–water partition coefficient (Wildman–Crippen LogP) is 8.47. The van der Waals surface area contributed by atoms with Crippen molar-refractivity contribution in [1.29, 1.82) is 0 Å². The highest BCUT2D eigenvalue weighted by molar-refractivity contribution is 6.11. The number of fused-ring (bicyclic) bond motifs is 6. The van der Waals surface area contributed by atoms with E-state index in [0.717, 1.165) is 6.54 Å². The van der Waals surface area contributed by atoms with Crippen molar-refractivity contribution in [2.45, 2.75) is 39.2 Å². The first-order valence-electron chi connectivity index (χ1n) is 11.9. The zero-order chi connectivity index (χ0) is 21.5. The summed E-state index contributed by atoms with van der Waals surface area (Å²) in [7, 11) is 0. The van der Waals surface area contributed by atoms with Gasteiger partial charge in [-0.25, -0.2) is 0 Å². The van der Waals surface area contributed by atoms with Crippen LogP contribution in [0.25, 0.3) is 49.3 Å². The zero-order valence-corrected chi connectivity index (χ0v) is 18.6. The minimum Gasteiger partial charge on any atom is -0.340 e. The SMILES string of the molecule is CCCCCCn1c2ccccc2c2cc(-n3c4ccccc4c4ccccc43)ccc21. The largest absolute Gasteiger partial charge is 0.340 e. The average Bonchev–Trinajstić information content (AvgIpc) is 3.34. The Morgan fingerprint density at radius 2 is 1.09 bits per heavy atom. The van der Waals surface area contributed by atoms with Gasteiger partial charge in [-0.3, -0.25) is 0 Å². The second kappa shape index (κ2) is 7.87. The van der Waals surface area contributed by atoms with E-state index in [1.165, 1.54) is 75.0 Å². The average molecular weight is 417 g/mol.